The summed E-state index contributed by atoms with van der Waals surface area (Å²) in [5.74, 6) is -0.322. The number of anilines is 1. The molecule has 4 heterocycles. The van der Waals surface area contributed by atoms with Gasteiger partial charge in [0.05, 0.1) is 35.6 Å². The monoisotopic (exact) mass is 599 g/mol. The van der Waals surface area contributed by atoms with E-state index in [2.05, 4.69) is 25.6 Å². The number of carbonyl (C=O) groups excluding carboxylic acids is 1. The molecule has 0 fully saturated rings. The Labute approximate surface area is 250 Å². The van der Waals surface area contributed by atoms with Crippen molar-refractivity contribution in [3.63, 3.8) is 0 Å². The van der Waals surface area contributed by atoms with E-state index in [1.165, 1.54) is 17.0 Å². The molecule has 224 valence electrons. The number of pyridine rings is 1. The van der Waals surface area contributed by atoms with Crippen LogP contribution >= 0.6 is 0 Å². The number of rotatable bonds is 3. The van der Waals surface area contributed by atoms with E-state index in [-0.39, 0.29) is 23.1 Å². The lowest BCUT2D eigenvalue weighted by molar-refractivity contribution is -0.141. The lowest BCUT2D eigenvalue weighted by atomic mass is 9.95. The Balaban J connectivity index is 1.42. The van der Waals surface area contributed by atoms with Crippen molar-refractivity contribution in [1.82, 2.24) is 29.5 Å². The summed E-state index contributed by atoms with van der Waals surface area (Å²) in [5, 5.41) is 9.99. The highest BCUT2D eigenvalue weighted by Gasteiger charge is 2.35. The molecule has 0 radical (unpaired) electrons. The molecule has 44 heavy (non-hydrogen) atoms. The highest BCUT2D eigenvalue weighted by Crippen LogP contribution is 2.33. The average Bonchev–Trinajstić information content (AvgIpc) is 3.51. The molecule has 1 amide bonds. The summed E-state index contributed by atoms with van der Waals surface area (Å²) >= 11 is 0. The Hall–Kier alpha value is -5.13. The van der Waals surface area contributed by atoms with Gasteiger partial charge in [-0.3, -0.25) is 19.1 Å². The summed E-state index contributed by atoms with van der Waals surface area (Å²) in [6.45, 7) is 3.71. The third-order valence-corrected chi connectivity index (χ3v) is 7.81. The largest absolute Gasteiger partial charge is 0.436 e. The molecule has 0 spiro atoms. The molecular weight excluding hydrogens is 571 g/mol. The van der Waals surface area contributed by atoms with E-state index >= 15 is 0 Å². The molecule has 5 aromatic rings. The highest BCUT2D eigenvalue weighted by molar-refractivity contribution is 5.96. The van der Waals surface area contributed by atoms with E-state index in [9.17, 15) is 22.8 Å². The zero-order valence-corrected chi connectivity index (χ0v) is 23.9. The third-order valence-electron chi connectivity index (χ3n) is 7.81. The molecule has 3 aromatic heterocycles. The van der Waals surface area contributed by atoms with Crippen LogP contribution in [-0.4, -0.2) is 35.4 Å². The summed E-state index contributed by atoms with van der Waals surface area (Å²) in [6, 6.07) is 17.3. The van der Waals surface area contributed by atoms with Gasteiger partial charge in [-0.25, -0.2) is 9.67 Å². The number of alkyl halides is 3. The van der Waals surface area contributed by atoms with Crippen molar-refractivity contribution in [2.75, 3.05) is 5.32 Å². The number of para-hydroxylation sites is 1. The first-order valence-electron chi connectivity index (χ1n) is 14.1. The molecule has 0 saturated heterocycles. The number of carbonyl (C=O) groups is 1. The number of halogens is 3. The van der Waals surface area contributed by atoms with Crippen LogP contribution in [-0.2, 0) is 11.0 Å². The smallest absolute Gasteiger partial charge is 0.325 e. The summed E-state index contributed by atoms with van der Waals surface area (Å²) < 4.78 is 42.2. The predicted octanol–water partition coefficient (Wildman–Crippen LogP) is 6.23. The van der Waals surface area contributed by atoms with E-state index in [1.807, 2.05) is 50.2 Å². The lowest BCUT2D eigenvalue weighted by Gasteiger charge is -2.23. The quantitative estimate of drug-likeness (QED) is 0.264. The van der Waals surface area contributed by atoms with Crippen LogP contribution in [0.4, 0.5) is 18.9 Å². The van der Waals surface area contributed by atoms with E-state index in [0.717, 1.165) is 27.6 Å². The van der Waals surface area contributed by atoms with Crippen LogP contribution in [0.15, 0.2) is 84.2 Å². The Kier molecular flexibility index (Phi) is 7.58. The molecule has 6 rings (SSSR count). The topological polar surface area (TPSA) is 108 Å². The van der Waals surface area contributed by atoms with Gasteiger partial charge >= 0.3 is 6.18 Å². The van der Waals surface area contributed by atoms with Gasteiger partial charge in [-0.05, 0) is 55.7 Å². The Morgan fingerprint density at radius 1 is 0.955 bits per heavy atom. The Morgan fingerprint density at radius 3 is 2.55 bits per heavy atom. The fourth-order valence-electron chi connectivity index (χ4n) is 5.43. The zero-order valence-electron chi connectivity index (χ0n) is 23.9. The summed E-state index contributed by atoms with van der Waals surface area (Å²) in [5.41, 5.74) is 3.41. The molecule has 12 heteroatoms. The van der Waals surface area contributed by atoms with E-state index < -0.39 is 17.9 Å². The second-order valence-electron chi connectivity index (χ2n) is 10.9. The first-order chi connectivity index (χ1) is 21.1. The van der Waals surface area contributed by atoms with Crippen molar-refractivity contribution >= 4 is 11.6 Å². The number of amides is 1. The number of hydrogen-bond acceptors (Lipinski definition) is 6. The molecule has 2 aromatic carbocycles. The van der Waals surface area contributed by atoms with Crippen molar-refractivity contribution < 1.29 is 18.0 Å². The van der Waals surface area contributed by atoms with Gasteiger partial charge in [-0.2, -0.15) is 13.2 Å². The maximum absolute atomic E-state index is 13.7. The van der Waals surface area contributed by atoms with Gasteiger partial charge < -0.3 is 5.32 Å². The fourth-order valence-corrected chi connectivity index (χ4v) is 5.43. The third kappa shape index (κ3) is 5.75. The van der Waals surface area contributed by atoms with Crippen LogP contribution < -0.4 is 10.9 Å². The molecule has 9 nitrogen and oxygen atoms in total. The van der Waals surface area contributed by atoms with Crippen LogP contribution in [0.5, 0.6) is 0 Å². The van der Waals surface area contributed by atoms with Gasteiger partial charge in [-0.15, -0.1) is 5.10 Å². The molecule has 1 aliphatic heterocycles. The lowest BCUT2D eigenvalue weighted by Crippen LogP contribution is -2.27. The van der Waals surface area contributed by atoms with E-state index in [0.29, 0.717) is 41.9 Å². The molecule has 1 aliphatic rings. The van der Waals surface area contributed by atoms with Crippen molar-refractivity contribution in [3.05, 3.63) is 107 Å². The number of fused-ring (bicyclic) bond motifs is 4. The maximum Gasteiger partial charge on any atom is 0.436 e. The van der Waals surface area contributed by atoms with Crippen molar-refractivity contribution in [3.8, 4) is 28.1 Å². The van der Waals surface area contributed by atoms with Crippen molar-refractivity contribution in [1.29, 1.82) is 0 Å². The summed E-state index contributed by atoms with van der Waals surface area (Å²) in [6.07, 6.45) is 1.07. The molecule has 0 aliphatic carbocycles. The Bertz CT molecular complexity index is 1910. The van der Waals surface area contributed by atoms with Gasteiger partial charge in [0.2, 0.25) is 5.91 Å². The molecular formula is C32H28F3N7O2. The van der Waals surface area contributed by atoms with Gasteiger partial charge in [-0.1, -0.05) is 48.4 Å². The first kappa shape index (κ1) is 29.0. The van der Waals surface area contributed by atoms with Gasteiger partial charge in [0, 0.05) is 35.0 Å². The number of nitrogens with zero attached hydrogens (tertiary/aromatic N) is 6. The summed E-state index contributed by atoms with van der Waals surface area (Å²) in [4.78, 5) is 35.9. The molecule has 0 saturated carbocycles. The molecule has 2 atom stereocenters. The second-order valence-corrected chi connectivity index (χ2v) is 10.9. The number of aromatic nitrogens is 6. The van der Waals surface area contributed by atoms with E-state index in [1.54, 1.807) is 24.4 Å². The predicted molar refractivity (Wildman–Crippen MR) is 158 cm³/mol. The summed E-state index contributed by atoms with van der Waals surface area (Å²) in [7, 11) is 0. The number of hydrogen-bond donors (Lipinski definition) is 1. The van der Waals surface area contributed by atoms with Crippen molar-refractivity contribution in [2.24, 2.45) is 5.92 Å². The van der Waals surface area contributed by atoms with Crippen LogP contribution in [0.25, 0.3) is 28.1 Å². The minimum atomic E-state index is -4.65. The van der Waals surface area contributed by atoms with Crippen LogP contribution in [0.2, 0.25) is 0 Å². The SMILES string of the molecule is Cc1ccc(-n2cc(C(F)(F)F)nn2)c(-c2cc(=O)n([C@H]3CCC[C@@H](C)C(=O)Nc4ccccc4-c4ccnc3c4)cn2)c1. The molecule has 2 bridgehead atoms. The van der Waals surface area contributed by atoms with Crippen LogP contribution in [0.3, 0.4) is 0 Å². The first-order valence-corrected chi connectivity index (χ1v) is 14.1. The highest BCUT2D eigenvalue weighted by atomic mass is 19.4. The fraction of sp³-hybridized carbons (Fsp3) is 0.250. The minimum Gasteiger partial charge on any atom is -0.325 e. The zero-order chi connectivity index (χ0) is 31.0. The number of aryl methyl sites for hydroxylation is 1. The minimum absolute atomic E-state index is 0.0734. The van der Waals surface area contributed by atoms with Crippen molar-refractivity contribution in [2.45, 2.75) is 45.3 Å². The van der Waals surface area contributed by atoms with Gasteiger partial charge in [0.15, 0.2) is 5.69 Å². The average molecular weight is 600 g/mol. The van der Waals surface area contributed by atoms with E-state index in [4.69, 9.17) is 0 Å². The Morgan fingerprint density at radius 2 is 1.77 bits per heavy atom. The van der Waals surface area contributed by atoms with Gasteiger partial charge in [0.25, 0.3) is 5.56 Å². The molecule has 1 N–H and O–H groups in total. The van der Waals surface area contributed by atoms with Gasteiger partial charge in [0.1, 0.15) is 0 Å². The molecule has 0 unspecified atom stereocenters. The standard InChI is InChI=1S/C32H28F3N7O2/c1-19-10-11-27(42-17-29(39-40-42)32(33,34)35)23(14-19)25-16-30(43)41(18-37-25)28-9-5-6-20(2)31(44)38-24-8-4-3-7-22(24)21-12-13-36-26(28)15-21/h3-4,7-8,10-18,20,28H,5-6,9H2,1-2H3,(H,38,44)/t20-,28+/m1/s1. The number of nitrogens with one attached hydrogen (secondary N) is 1. The van der Waals surface area contributed by atoms with Crippen LogP contribution in [0.1, 0.15) is 49.2 Å². The normalized spacial score (nSPS) is 17.2. The van der Waals surface area contributed by atoms with Crippen LogP contribution in [0, 0.1) is 12.8 Å². The second kappa shape index (κ2) is 11.5. The number of benzene rings is 2. The maximum atomic E-state index is 13.7.